The molecule has 0 aromatic carbocycles. The number of nitrogens with two attached hydrogens (primary N) is 1. The van der Waals surface area contributed by atoms with E-state index < -0.39 is 5.54 Å². The normalized spacial score (nSPS) is 11.4. The number of ether oxygens (including phenoxy) is 1. The summed E-state index contributed by atoms with van der Waals surface area (Å²) in [7, 11) is 1.35. The first-order valence-electron chi connectivity index (χ1n) is 4.31. The van der Waals surface area contributed by atoms with Crippen molar-refractivity contribution in [2.45, 2.75) is 25.9 Å². The first-order valence-corrected chi connectivity index (χ1v) is 4.31. The Morgan fingerprint density at radius 1 is 1.71 bits per heavy atom. The fourth-order valence-corrected chi connectivity index (χ4v) is 1.19. The Labute approximate surface area is 82.9 Å². The minimum atomic E-state index is -0.509. The monoisotopic (exact) mass is 197 g/mol. The third-order valence-corrected chi connectivity index (χ3v) is 1.90. The molecule has 0 aliphatic rings. The second-order valence-electron chi connectivity index (χ2n) is 3.70. The van der Waals surface area contributed by atoms with Gasteiger partial charge in [0.1, 0.15) is 6.54 Å². The highest BCUT2D eigenvalue weighted by Crippen LogP contribution is 2.15. The van der Waals surface area contributed by atoms with Crippen LogP contribution in [0, 0.1) is 0 Å². The molecule has 0 saturated heterocycles. The molecular weight excluding hydrogens is 182 g/mol. The van der Waals surface area contributed by atoms with E-state index in [-0.39, 0.29) is 12.5 Å². The summed E-state index contributed by atoms with van der Waals surface area (Å²) in [5, 5.41) is 0. The number of imidazole rings is 1. The first-order chi connectivity index (χ1) is 6.45. The zero-order chi connectivity index (χ0) is 10.8. The number of carbonyl (C=O) groups is 1. The van der Waals surface area contributed by atoms with Crippen LogP contribution in [-0.4, -0.2) is 22.6 Å². The van der Waals surface area contributed by atoms with Crippen LogP contribution in [0.5, 0.6) is 0 Å². The lowest BCUT2D eigenvalue weighted by molar-refractivity contribution is -0.141. The van der Waals surface area contributed by atoms with Crippen molar-refractivity contribution in [3.05, 3.63) is 18.2 Å². The summed E-state index contributed by atoms with van der Waals surface area (Å²) in [6.07, 6.45) is 3.23. The van der Waals surface area contributed by atoms with Crippen LogP contribution < -0.4 is 5.73 Å². The van der Waals surface area contributed by atoms with Crippen LogP contribution in [0.1, 0.15) is 19.5 Å². The van der Waals surface area contributed by atoms with E-state index >= 15 is 0 Å². The molecule has 0 amide bonds. The molecule has 0 aliphatic heterocycles. The first kappa shape index (κ1) is 10.7. The summed E-state index contributed by atoms with van der Waals surface area (Å²) >= 11 is 0. The van der Waals surface area contributed by atoms with Crippen molar-refractivity contribution in [1.29, 1.82) is 0 Å². The summed E-state index contributed by atoms with van der Waals surface area (Å²) in [5.41, 5.74) is 6.21. The van der Waals surface area contributed by atoms with Gasteiger partial charge in [0.05, 0.1) is 24.7 Å². The molecule has 1 aromatic heterocycles. The van der Waals surface area contributed by atoms with Crippen LogP contribution in [0.25, 0.3) is 0 Å². The Balaban J connectivity index is 2.88. The van der Waals surface area contributed by atoms with Gasteiger partial charge in [-0.1, -0.05) is 0 Å². The lowest BCUT2D eigenvalue weighted by Crippen LogP contribution is -2.32. The number of nitrogens with zero attached hydrogens (tertiary/aromatic N) is 2. The third kappa shape index (κ3) is 2.32. The van der Waals surface area contributed by atoms with E-state index in [0.717, 1.165) is 5.69 Å². The quantitative estimate of drug-likeness (QED) is 0.705. The van der Waals surface area contributed by atoms with Crippen LogP contribution in [0.15, 0.2) is 12.5 Å². The molecule has 14 heavy (non-hydrogen) atoms. The largest absolute Gasteiger partial charge is 0.468 e. The number of methoxy groups -OCH3 is 1. The highest BCUT2D eigenvalue weighted by atomic mass is 16.5. The fraction of sp³-hybridized carbons (Fsp3) is 0.556. The van der Waals surface area contributed by atoms with Crippen molar-refractivity contribution in [3.8, 4) is 0 Å². The maximum atomic E-state index is 11.0. The molecule has 0 radical (unpaired) electrons. The standard InChI is InChI=1S/C9H15N3O2/c1-9(2,10)7-4-11-6-12(7)5-8(13)14-3/h4,6H,5,10H2,1-3H3. The van der Waals surface area contributed by atoms with E-state index in [1.807, 2.05) is 13.8 Å². The third-order valence-electron chi connectivity index (χ3n) is 1.90. The van der Waals surface area contributed by atoms with Gasteiger partial charge in [-0.05, 0) is 13.8 Å². The second-order valence-corrected chi connectivity index (χ2v) is 3.70. The molecule has 78 valence electrons. The van der Waals surface area contributed by atoms with Crippen molar-refractivity contribution < 1.29 is 9.53 Å². The topological polar surface area (TPSA) is 70.1 Å². The summed E-state index contributed by atoms with van der Waals surface area (Å²) in [6.45, 7) is 3.86. The number of hydrogen-bond acceptors (Lipinski definition) is 4. The maximum absolute atomic E-state index is 11.0. The highest BCUT2D eigenvalue weighted by Gasteiger charge is 2.19. The van der Waals surface area contributed by atoms with Gasteiger partial charge in [-0.25, -0.2) is 4.98 Å². The van der Waals surface area contributed by atoms with Gasteiger partial charge in [-0.3, -0.25) is 4.79 Å². The van der Waals surface area contributed by atoms with E-state index in [0.29, 0.717) is 0 Å². The van der Waals surface area contributed by atoms with Gasteiger partial charge in [-0.2, -0.15) is 0 Å². The molecule has 0 unspecified atom stereocenters. The summed E-state index contributed by atoms with van der Waals surface area (Å²) in [5.74, 6) is -0.312. The Bertz CT molecular complexity index is 325. The van der Waals surface area contributed by atoms with Crippen LogP contribution in [0.4, 0.5) is 0 Å². The molecule has 0 fully saturated rings. The van der Waals surface area contributed by atoms with Crippen molar-refractivity contribution in [2.24, 2.45) is 5.73 Å². The van der Waals surface area contributed by atoms with E-state index in [2.05, 4.69) is 9.72 Å². The second kappa shape index (κ2) is 3.79. The predicted octanol–water partition coefficient (Wildman–Crippen LogP) is 0.250. The van der Waals surface area contributed by atoms with Crippen LogP contribution in [0.3, 0.4) is 0 Å². The smallest absolute Gasteiger partial charge is 0.325 e. The van der Waals surface area contributed by atoms with E-state index in [1.54, 1.807) is 17.1 Å². The van der Waals surface area contributed by atoms with E-state index in [9.17, 15) is 4.79 Å². The van der Waals surface area contributed by atoms with Crippen molar-refractivity contribution in [1.82, 2.24) is 9.55 Å². The molecular formula is C9H15N3O2. The van der Waals surface area contributed by atoms with E-state index in [4.69, 9.17) is 5.73 Å². The number of esters is 1. The molecule has 1 heterocycles. The number of hydrogen-bond donors (Lipinski definition) is 1. The molecule has 1 aromatic rings. The highest BCUT2D eigenvalue weighted by molar-refractivity contribution is 5.69. The lowest BCUT2D eigenvalue weighted by Gasteiger charge is -2.19. The minimum absolute atomic E-state index is 0.145. The lowest BCUT2D eigenvalue weighted by atomic mass is 10.0. The molecule has 0 spiro atoms. The SMILES string of the molecule is COC(=O)Cn1cncc1C(C)(C)N. The summed E-state index contributed by atoms with van der Waals surface area (Å²) in [4.78, 5) is 15.0. The average molecular weight is 197 g/mol. The number of aromatic nitrogens is 2. The van der Waals surface area contributed by atoms with Gasteiger partial charge in [-0.15, -0.1) is 0 Å². The fourth-order valence-electron chi connectivity index (χ4n) is 1.19. The number of rotatable bonds is 3. The van der Waals surface area contributed by atoms with Crippen molar-refractivity contribution >= 4 is 5.97 Å². The Morgan fingerprint density at radius 3 is 2.86 bits per heavy atom. The molecule has 5 heteroatoms. The summed E-state index contributed by atoms with van der Waals surface area (Å²) in [6, 6.07) is 0. The molecule has 1 rings (SSSR count). The predicted molar refractivity (Wildman–Crippen MR) is 51.5 cm³/mol. The van der Waals surface area contributed by atoms with Gasteiger partial charge in [0, 0.05) is 6.20 Å². The van der Waals surface area contributed by atoms with Crippen LogP contribution in [0.2, 0.25) is 0 Å². The average Bonchev–Trinajstić information content (AvgIpc) is 2.51. The van der Waals surface area contributed by atoms with Gasteiger partial charge in [0.25, 0.3) is 0 Å². The van der Waals surface area contributed by atoms with Crippen LogP contribution >= 0.6 is 0 Å². The van der Waals surface area contributed by atoms with Gasteiger partial charge in [0.15, 0.2) is 0 Å². The molecule has 5 nitrogen and oxygen atoms in total. The summed E-state index contributed by atoms with van der Waals surface area (Å²) < 4.78 is 6.25. The molecule has 0 saturated carbocycles. The molecule has 2 N–H and O–H groups in total. The van der Waals surface area contributed by atoms with E-state index in [1.165, 1.54) is 7.11 Å². The zero-order valence-corrected chi connectivity index (χ0v) is 8.65. The maximum Gasteiger partial charge on any atom is 0.325 e. The Morgan fingerprint density at radius 2 is 2.36 bits per heavy atom. The van der Waals surface area contributed by atoms with Gasteiger partial charge >= 0.3 is 5.97 Å². The molecule has 0 aliphatic carbocycles. The minimum Gasteiger partial charge on any atom is -0.468 e. The number of carbonyl (C=O) groups excluding carboxylic acids is 1. The molecule has 0 atom stereocenters. The Hall–Kier alpha value is -1.36. The Kier molecular flexibility index (Phi) is 2.90. The molecule has 0 bridgehead atoms. The van der Waals surface area contributed by atoms with Crippen LogP contribution in [-0.2, 0) is 21.6 Å². The zero-order valence-electron chi connectivity index (χ0n) is 8.65. The van der Waals surface area contributed by atoms with Crippen molar-refractivity contribution in [3.63, 3.8) is 0 Å². The van der Waals surface area contributed by atoms with Gasteiger partial charge in [0.2, 0.25) is 0 Å². The van der Waals surface area contributed by atoms with Gasteiger partial charge < -0.3 is 15.0 Å². The van der Waals surface area contributed by atoms with Crippen molar-refractivity contribution in [2.75, 3.05) is 7.11 Å².